The van der Waals surface area contributed by atoms with Crippen LogP contribution in [0.5, 0.6) is 0 Å². The molecule has 0 aromatic heterocycles. The van der Waals surface area contributed by atoms with Crippen LogP contribution >= 0.6 is 11.6 Å². The van der Waals surface area contributed by atoms with Crippen LogP contribution in [0.3, 0.4) is 0 Å². The minimum Gasteiger partial charge on any atom is -0.271 e. The third kappa shape index (κ3) is 3.40. The van der Waals surface area contributed by atoms with Gasteiger partial charge >= 0.3 is 0 Å². The number of halogens is 1. The maximum Gasteiger partial charge on any atom is 0.0712 e. The second kappa shape index (κ2) is 6.89. The summed E-state index contributed by atoms with van der Waals surface area (Å²) in [6.07, 6.45) is 2.23. The summed E-state index contributed by atoms with van der Waals surface area (Å²) >= 11 is 6.03. The average molecular weight is 289 g/mol. The molecule has 1 atom stereocenters. The smallest absolute Gasteiger partial charge is 0.0712 e. The van der Waals surface area contributed by atoms with Gasteiger partial charge in [0, 0.05) is 5.02 Å². The number of hydrogen-bond acceptors (Lipinski definition) is 2. The fourth-order valence-electron chi connectivity index (χ4n) is 2.55. The average Bonchev–Trinajstić information content (AvgIpc) is 2.43. The standard InChI is InChI=1S/C17H21ClN2/c1-3-5-13-6-4-7-14(11-13)17(20-19)16-9-8-15(18)10-12(16)2/h4,6-11,17,20H,3,5,19H2,1-2H3. The van der Waals surface area contributed by atoms with E-state index in [0.717, 1.165) is 29.0 Å². The van der Waals surface area contributed by atoms with Gasteiger partial charge in [-0.05, 0) is 47.7 Å². The molecule has 0 spiro atoms. The van der Waals surface area contributed by atoms with Gasteiger partial charge in [0.25, 0.3) is 0 Å². The lowest BCUT2D eigenvalue weighted by Crippen LogP contribution is -2.29. The Labute approximate surface area is 125 Å². The molecule has 0 aliphatic heterocycles. The van der Waals surface area contributed by atoms with Crippen LogP contribution in [0.25, 0.3) is 0 Å². The molecule has 0 saturated carbocycles. The Kier molecular flexibility index (Phi) is 5.18. The molecule has 3 N–H and O–H groups in total. The topological polar surface area (TPSA) is 38.0 Å². The molecule has 0 fully saturated rings. The minimum atomic E-state index is -0.0101. The molecular weight excluding hydrogens is 268 g/mol. The van der Waals surface area contributed by atoms with Crippen LogP contribution in [0.2, 0.25) is 5.02 Å². The first kappa shape index (κ1) is 15.0. The molecule has 0 radical (unpaired) electrons. The molecule has 0 heterocycles. The van der Waals surface area contributed by atoms with E-state index >= 15 is 0 Å². The van der Waals surface area contributed by atoms with Crippen molar-refractivity contribution in [1.29, 1.82) is 0 Å². The second-order valence-corrected chi connectivity index (χ2v) is 5.53. The second-order valence-electron chi connectivity index (χ2n) is 5.10. The molecule has 0 aliphatic rings. The maximum absolute atomic E-state index is 6.03. The van der Waals surface area contributed by atoms with Gasteiger partial charge in [0.2, 0.25) is 0 Å². The first-order valence-corrected chi connectivity index (χ1v) is 7.34. The summed E-state index contributed by atoms with van der Waals surface area (Å²) < 4.78 is 0. The van der Waals surface area contributed by atoms with E-state index in [9.17, 15) is 0 Å². The number of nitrogens with one attached hydrogen (secondary N) is 1. The summed E-state index contributed by atoms with van der Waals surface area (Å²) in [4.78, 5) is 0. The van der Waals surface area contributed by atoms with Crippen molar-refractivity contribution in [1.82, 2.24) is 5.43 Å². The van der Waals surface area contributed by atoms with Crippen LogP contribution in [0.4, 0.5) is 0 Å². The fourth-order valence-corrected chi connectivity index (χ4v) is 2.77. The van der Waals surface area contributed by atoms with Gasteiger partial charge in [0.15, 0.2) is 0 Å². The molecule has 2 nitrogen and oxygen atoms in total. The molecule has 3 heteroatoms. The lowest BCUT2D eigenvalue weighted by molar-refractivity contribution is 0.633. The number of aryl methyl sites for hydroxylation is 2. The zero-order chi connectivity index (χ0) is 14.5. The van der Waals surface area contributed by atoms with E-state index in [4.69, 9.17) is 17.4 Å². The van der Waals surface area contributed by atoms with Crippen LogP contribution in [0.15, 0.2) is 42.5 Å². The Morgan fingerprint density at radius 3 is 2.65 bits per heavy atom. The molecule has 0 amide bonds. The molecule has 2 aromatic rings. The molecule has 0 aliphatic carbocycles. The van der Waals surface area contributed by atoms with Crippen molar-refractivity contribution in [3.63, 3.8) is 0 Å². The van der Waals surface area contributed by atoms with Crippen LogP contribution in [-0.4, -0.2) is 0 Å². The van der Waals surface area contributed by atoms with Crippen LogP contribution in [0.1, 0.15) is 41.6 Å². The normalized spacial score (nSPS) is 12.4. The van der Waals surface area contributed by atoms with Crippen LogP contribution < -0.4 is 11.3 Å². The summed E-state index contributed by atoms with van der Waals surface area (Å²) in [5, 5.41) is 0.752. The highest BCUT2D eigenvalue weighted by atomic mass is 35.5. The summed E-state index contributed by atoms with van der Waals surface area (Å²) in [5.41, 5.74) is 7.75. The van der Waals surface area contributed by atoms with Crippen molar-refractivity contribution >= 4 is 11.6 Å². The molecular formula is C17H21ClN2. The van der Waals surface area contributed by atoms with Gasteiger partial charge in [-0.25, -0.2) is 5.43 Å². The van der Waals surface area contributed by atoms with E-state index in [1.165, 1.54) is 11.1 Å². The zero-order valence-corrected chi connectivity index (χ0v) is 12.7. The number of hydrazine groups is 1. The summed E-state index contributed by atoms with van der Waals surface area (Å²) in [5.74, 6) is 5.78. The van der Waals surface area contributed by atoms with Crippen molar-refractivity contribution in [2.45, 2.75) is 32.7 Å². The Hall–Kier alpha value is -1.35. The summed E-state index contributed by atoms with van der Waals surface area (Å²) in [6.45, 7) is 4.25. The van der Waals surface area contributed by atoms with Gasteiger partial charge in [0.1, 0.15) is 0 Å². The van der Waals surface area contributed by atoms with E-state index < -0.39 is 0 Å². The minimum absolute atomic E-state index is 0.0101. The molecule has 2 aromatic carbocycles. The molecule has 106 valence electrons. The van der Waals surface area contributed by atoms with Gasteiger partial charge in [-0.3, -0.25) is 5.84 Å². The largest absolute Gasteiger partial charge is 0.271 e. The van der Waals surface area contributed by atoms with E-state index in [2.05, 4.69) is 43.5 Å². The first-order chi connectivity index (χ1) is 9.65. The first-order valence-electron chi connectivity index (χ1n) is 6.96. The lowest BCUT2D eigenvalue weighted by Gasteiger charge is -2.20. The van der Waals surface area contributed by atoms with E-state index in [-0.39, 0.29) is 6.04 Å². The molecule has 2 rings (SSSR count). The van der Waals surface area contributed by atoms with Gasteiger partial charge in [0.05, 0.1) is 6.04 Å². The molecule has 0 saturated heterocycles. The molecule has 20 heavy (non-hydrogen) atoms. The predicted molar refractivity (Wildman–Crippen MR) is 85.8 cm³/mol. The Morgan fingerprint density at radius 2 is 2.00 bits per heavy atom. The fraction of sp³-hybridized carbons (Fsp3) is 0.294. The third-order valence-corrected chi connectivity index (χ3v) is 3.77. The van der Waals surface area contributed by atoms with Gasteiger partial charge < -0.3 is 0 Å². The maximum atomic E-state index is 6.03. The lowest BCUT2D eigenvalue weighted by atomic mass is 9.94. The van der Waals surface area contributed by atoms with Gasteiger partial charge in [-0.2, -0.15) is 0 Å². The van der Waals surface area contributed by atoms with Crippen molar-refractivity contribution in [3.05, 3.63) is 69.7 Å². The van der Waals surface area contributed by atoms with Crippen molar-refractivity contribution in [2.75, 3.05) is 0 Å². The molecule has 1 unspecified atom stereocenters. The van der Waals surface area contributed by atoms with Crippen LogP contribution in [-0.2, 0) is 6.42 Å². The number of nitrogens with two attached hydrogens (primary N) is 1. The highest BCUT2D eigenvalue weighted by Crippen LogP contribution is 2.27. The number of benzene rings is 2. The predicted octanol–water partition coefficient (Wildman–Crippen LogP) is 4.15. The van der Waals surface area contributed by atoms with Gasteiger partial charge in [-0.15, -0.1) is 0 Å². The Bertz CT molecular complexity index is 581. The summed E-state index contributed by atoms with van der Waals surface area (Å²) in [6, 6.07) is 14.5. The Morgan fingerprint density at radius 1 is 1.20 bits per heavy atom. The zero-order valence-electron chi connectivity index (χ0n) is 12.0. The van der Waals surface area contributed by atoms with Crippen molar-refractivity contribution in [3.8, 4) is 0 Å². The molecule has 0 bridgehead atoms. The van der Waals surface area contributed by atoms with E-state index in [1.54, 1.807) is 0 Å². The number of rotatable bonds is 5. The third-order valence-electron chi connectivity index (χ3n) is 3.53. The monoisotopic (exact) mass is 288 g/mol. The van der Waals surface area contributed by atoms with Crippen molar-refractivity contribution < 1.29 is 0 Å². The summed E-state index contributed by atoms with van der Waals surface area (Å²) in [7, 11) is 0. The van der Waals surface area contributed by atoms with Crippen molar-refractivity contribution in [2.24, 2.45) is 5.84 Å². The quantitative estimate of drug-likeness (QED) is 0.640. The van der Waals surface area contributed by atoms with Crippen LogP contribution in [0, 0.1) is 6.92 Å². The SMILES string of the molecule is CCCc1cccc(C(NN)c2ccc(Cl)cc2C)c1. The number of hydrogen-bond donors (Lipinski definition) is 2. The Balaban J connectivity index is 2.38. The van der Waals surface area contributed by atoms with Gasteiger partial charge in [-0.1, -0.05) is 55.3 Å². The highest BCUT2D eigenvalue weighted by molar-refractivity contribution is 6.30. The van der Waals surface area contributed by atoms with E-state index in [1.807, 2.05) is 18.2 Å². The van der Waals surface area contributed by atoms with E-state index in [0.29, 0.717) is 0 Å². The highest BCUT2D eigenvalue weighted by Gasteiger charge is 2.15.